The molecule has 102 valence electrons. The first-order chi connectivity index (χ1) is 8.09. The summed E-state index contributed by atoms with van der Waals surface area (Å²) >= 11 is 4.35. The van der Waals surface area contributed by atoms with Crippen molar-refractivity contribution in [3.8, 4) is 0 Å². The van der Waals surface area contributed by atoms with Crippen LogP contribution in [0.3, 0.4) is 0 Å². The lowest BCUT2D eigenvalue weighted by atomic mass is 10.0. The third-order valence-electron chi connectivity index (χ3n) is 3.63. The first kappa shape index (κ1) is 15.7. The van der Waals surface area contributed by atoms with Crippen molar-refractivity contribution in [2.45, 2.75) is 69.5 Å². The van der Waals surface area contributed by atoms with E-state index in [9.17, 15) is 5.11 Å². The van der Waals surface area contributed by atoms with Crippen molar-refractivity contribution >= 4 is 23.5 Å². The largest absolute Gasteiger partial charge is 0.393 e. The van der Waals surface area contributed by atoms with Gasteiger partial charge >= 0.3 is 0 Å². The van der Waals surface area contributed by atoms with Gasteiger partial charge in [0.15, 0.2) is 0 Å². The van der Waals surface area contributed by atoms with Gasteiger partial charge in [0.05, 0.1) is 10.2 Å². The minimum Gasteiger partial charge on any atom is -0.393 e. The summed E-state index contributed by atoms with van der Waals surface area (Å²) < 4.78 is 0.501. The van der Waals surface area contributed by atoms with Gasteiger partial charge in [0.2, 0.25) is 0 Å². The summed E-state index contributed by atoms with van der Waals surface area (Å²) in [6.45, 7) is 6.53. The van der Waals surface area contributed by atoms with Crippen molar-refractivity contribution < 1.29 is 5.11 Å². The van der Waals surface area contributed by atoms with E-state index in [1.807, 2.05) is 0 Å². The van der Waals surface area contributed by atoms with E-state index in [1.54, 1.807) is 0 Å². The Morgan fingerprint density at radius 1 is 1.18 bits per heavy atom. The fraction of sp³-hybridized carbons (Fsp3) is 1.00. The number of hydrogen-bond acceptors (Lipinski definition) is 3. The summed E-state index contributed by atoms with van der Waals surface area (Å²) in [7, 11) is 0. The van der Waals surface area contributed by atoms with E-state index in [-0.39, 0.29) is 6.10 Å². The van der Waals surface area contributed by atoms with Gasteiger partial charge in [0, 0.05) is 0 Å². The van der Waals surface area contributed by atoms with Gasteiger partial charge in [-0.05, 0) is 43.1 Å². The highest BCUT2D eigenvalue weighted by atomic mass is 32.2. The molecule has 1 rings (SSSR count). The van der Waals surface area contributed by atoms with Crippen LogP contribution in [0.1, 0.15) is 59.3 Å². The number of aliphatic hydroxyl groups excluding tert-OH is 1. The molecule has 1 heterocycles. The predicted molar refractivity (Wildman–Crippen MR) is 81.9 cm³/mol. The first-order valence-electron chi connectivity index (χ1n) is 7.05. The average molecular weight is 277 g/mol. The van der Waals surface area contributed by atoms with Gasteiger partial charge in [0.25, 0.3) is 0 Å². The highest BCUT2D eigenvalue weighted by Crippen LogP contribution is 2.48. The van der Waals surface area contributed by atoms with E-state index in [1.165, 1.54) is 43.6 Å². The van der Waals surface area contributed by atoms with Gasteiger partial charge in [0.1, 0.15) is 0 Å². The SMILES string of the molecule is CCC1(CCCCC(O)C(C)C)SCCCS1. The molecule has 0 saturated carbocycles. The molecule has 0 aliphatic carbocycles. The third kappa shape index (κ3) is 5.44. The molecule has 1 atom stereocenters. The molecule has 0 radical (unpaired) electrons. The standard InChI is InChI=1S/C14H28OS2/c1-4-14(16-10-7-11-17-14)9-6-5-8-13(15)12(2)3/h12-13,15H,4-11H2,1-3H3. The molecule has 0 bridgehead atoms. The summed E-state index contributed by atoms with van der Waals surface area (Å²) in [5.41, 5.74) is 0. The fourth-order valence-corrected chi connectivity index (χ4v) is 5.55. The van der Waals surface area contributed by atoms with Gasteiger partial charge in [-0.1, -0.05) is 33.6 Å². The summed E-state index contributed by atoms with van der Waals surface area (Å²) in [5, 5.41) is 9.77. The number of unbranched alkanes of at least 4 members (excludes halogenated alkanes) is 1. The van der Waals surface area contributed by atoms with Crippen molar-refractivity contribution in [3.63, 3.8) is 0 Å². The van der Waals surface area contributed by atoms with E-state index in [4.69, 9.17) is 0 Å². The maximum Gasteiger partial charge on any atom is 0.0608 e. The Morgan fingerprint density at radius 3 is 2.35 bits per heavy atom. The molecule has 0 aromatic carbocycles. The quantitative estimate of drug-likeness (QED) is 0.689. The Labute approximate surface area is 116 Å². The summed E-state index contributed by atoms with van der Waals surface area (Å²) in [4.78, 5) is 0. The highest BCUT2D eigenvalue weighted by molar-refractivity contribution is 8.18. The van der Waals surface area contributed by atoms with E-state index in [2.05, 4.69) is 44.3 Å². The Kier molecular flexibility index (Phi) is 7.36. The number of aliphatic hydroxyl groups is 1. The maximum absolute atomic E-state index is 9.77. The Balaban J connectivity index is 2.19. The fourth-order valence-electron chi connectivity index (χ4n) is 2.22. The molecule has 17 heavy (non-hydrogen) atoms. The number of hydrogen-bond donors (Lipinski definition) is 1. The zero-order valence-electron chi connectivity index (χ0n) is 11.6. The first-order valence-corrected chi connectivity index (χ1v) is 9.03. The van der Waals surface area contributed by atoms with Crippen LogP contribution < -0.4 is 0 Å². The molecule has 0 aromatic rings. The zero-order valence-corrected chi connectivity index (χ0v) is 13.2. The van der Waals surface area contributed by atoms with Gasteiger partial charge in [-0.25, -0.2) is 0 Å². The van der Waals surface area contributed by atoms with Gasteiger partial charge in [-0.2, -0.15) is 0 Å². The average Bonchev–Trinajstić information content (AvgIpc) is 2.35. The van der Waals surface area contributed by atoms with Crippen LogP contribution in [-0.4, -0.2) is 26.8 Å². The van der Waals surface area contributed by atoms with Crippen molar-refractivity contribution in [3.05, 3.63) is 0 Å². The summed E-state index contributed by atoms with van der Waals surface area (Å²) in [5.74, 6) is 3.10. The predicted octanol–water partition coefficient (Wildman–Crippen LogP) is 4.54. The molecule has 0 amide bonds. The second kappa shape index (κ2) is 7.96. The van der Waals surface area contributed by atoms with E-state index < -0.39 is 0 Å². The van der Waals surface area contributed by atoms with Crippen molar-refractivity contribution in [2.24, 2.45) is 5.92 Å². The van der Waals surface area contributed by atoms with Crippen LogP contribution in [-0.2, 0) is 0 Å². The molecule has 0 spiro atoms. The van der Waals surface area contributed by atoms with Crippen LogP contribution in [0.15, 0.2) is 0 Å². The van der Waals surface area contributed by atoms with E-state index in [0.717, 1.165) is 6.42 Å². The molecule has 1 nitrogen and oxygen atoms in total. The zero-order chi connectivity index (χ0) is 12.7. The van der Waals surface area contributed by atoms with Crippen LogP contribution in [0.4, 0.5) is 0 Å². The molecular formula is C14H28OS2. The third-order valence-corrected chi connectivity index (χ3v) is 7.37. The van der Waals surface area contributed by atoms with Crippen molar-refractivity contribution in [2.75, 3.05) is 11.5 Å². The molecule has 1 unspecified atom stereocenters. The second-order valence-corrected chi connectivity index (χ2v) is 8.59. The molecule has 1 saturated heterocycles. The smallest absolute Gasteiger partial charge is 0.0608 e. The van der Waals surface area contributed by atoms with Crippen LogP contribution in [0, 0.1) is 5.92 Å². The molecule has 1 aliphatic heterocycles. The topological polar surface area (TPSA) is 20.2 Å². The van der Waals surface area contributed by atoms with Crippen LogP contribution in [0.2, 0.25) is 0 Å². The summed E-state index contributed by atoms with van der Waals surface area (Å²) in [6, 6.07) is 0. The van der Waals surface area contributed by atoms with E-state index in [0.29, 0.717) is 10.00 Å². The monoisotopic (exact) mass is 276 g/mol. The minimum atomic E-state index is -0.0979. The Hall–Kier alpha value is 0.660. The molecule has 3 heteroatoms. The van der Waals surface area contributed by atoms with Gasteiger partial charge in [-0.15, -0.1) is 23.5 Å². The summed E-state index contributed by atoms with van der Waals surface area (Å²) in [6.07, 6.45) is 7.33. The minimum absolute atomic E-state index is 0.0979. The number of thioether (sulfide) groups is 2. The lowest BCUT2D eigenvalue weighted by molar-refractivity contribution is 0.113. The van der Waals surface area contributed by atoms with Gasteiger partial charge < -0.3 is 5.11 Å². The molecule has 1 aliphatic rings. The molecule has 0 aromatic heterocycles. The lowest BCUT2D eigenvalue weighted by Crippen LogP contribution is -2.24. The second-order valence-electron chi connectivity index (χ2n) is 5.37. The maximum atomic E-state index is 9.77. The van der Waals surface area contributed by atoms with Crippen molar-refractivity contribution in [1.29, 1.82) is 0 Å². The normalized spacial score (nSPS) is 21.7. The van der Waals surface area contributed by atoms with Crippen LogP contribution in [0.5, 0.6) is 0 Å². The Bertz CT molecular complexity index is 200. The van der Waals surface area contributed by atoms with Gasteiger partial charge in [-0.3, -0.25) is 0 Å². The van der Waals surface area contributed by atoms with Crippen LogP contribution in [0.25, 0.3) is 0 Å². The molecular weight excluding hydrogens is 248 g/mol. The van der Waals surface area contributed by atoms with E-state index >= 15 is 0 Å². The van der Waals surface area contributed by atoms with Crippen LogP contribution >= 0.6 is 23.5 Å². The molecule has 1 N–H and O–H groups in total. The highest BCUT2D eigenvalue weighted by Gasteiger charge is 2.31. The Morgan fingerprint density at radius 2 is 1.82 bits per heavy atom. The number of rotatable bonds is 7. The molecule has 1 fully saturated rings. The lowest BCUT2D eigenvalue weighted by Gasteiger charge is -2.35. The van der Waals surface area contributed by atoms with Crippen molar-refractivity contribution in [1.82, 2.24) is 0 Å².